The number of methoxy groups -OCH3 is 1. The Kier molecular flexibility index (Phi) is 8.11. The number of amides is 1. The van der Waals surface area contributed by atoms with Crippen LogP contribution in [0.2, 0.25) is 0 Å². The van der Waals surface area contributed by atoms with Crippen LogP contribution in [0.15, 0.2) is 0 Å². The minimum atomic E-state index is -4.27. The summed E-state index contributed by atoms with van der Waals surface area (Å²) in [6, 6.07) is 0. The van der Waals surface area contributed by atoms with Gasteiger partial charge in [-0.1, -0.05) is 13.8 Å². The van der Waals surface area contributed by atoms with Crippen LogP contribution in [0.1, 0.15) is 26.7 Å². The van der Waals surface area contributed by atoms with Crippen molar-refractivity contribution in [3.8, 4) is 0 Å². The number of hydrogen-bond acceptors (Lipinski definition) is 6. The third-order valence-corrected chi connectivity index (χ3v) is 2.76. The zero-order chi connectivity index (χ0) is 15.1. The van der Waals surface area contributed by atoms with Gasteiger partial charge in [0.05, 0.1) is 6.10 Å². The van der Waals surface area contributed by atoms with Crippen LogP contribution in [0.25, 0.3) is 0 Å². The molecule has 1 heterocycles. The predicted octanol–water partition coefficient (Wildman–Crippen LogP) is -0.513. The smallest absolute Gasteiger partial charge is 0.283 e. The Morgan fingerprint density at radius 3 is 2.47 bits per heavy atom. The molecule has 19 heavy (non-hydrogen) atoms. The normalized spacial score (nSPS) is 27.1. The van der Waals surface area contributed by atoms with Gasteiger partial charge in [0, 0.05) is 20.0 Å². The largest absolute Gasteiger partial charge is 0.393 e. The summed E-state index contributed by atoms with van der Waals surface area (Å²) in [5.74, 6) is -1.61. The molecule has 1 fully saturated rings. The van der Waals surface area contributed by atoms with Gasteiger partial charge in [0.2, 0.25) is 5.91 Å². The SMILES string of the molecule is CC.COC1CC(O)CC(C(=O)NCS(=O)(=O)O)O1. The summed E-state index contributed by atoms with van der Waals surface area (Å²) in [5, 5.41) is 11.4. The molecule has 3 unspecified atom stereocenters. The third kappa shape index (κ3) is 7.43. The van der Waals surface area contributed by atoms with Crippen molar-refractivity contribution in [2.24, 2.45) is 0 Å². The summed E-state index contributed by atoms with van der Waals surface area (Å²) < 4.78 is 39.3. The van der Waals surface area contributed by atoms with E-state index in [9.17, 15) is 18.3 Å². The molecule has 1 aliphatic rings. The Hall–Kier alpha value is -0.740. The maximum absolute atomic E-state index is 11.5. The van der Waals surface area contributed by atoms with Crippen molar-refractivity contribution in [1.82, 2.24) is 5.32 Å². The number of aliphatic hydroxyl groups excluding tert-OH is 1. The minimum absolute atomic E-state index is 0.0527. The molecule has 0 aromatic rings. The van der Waals surface area contributed by atoms with Crippen molar-refractivity contribution in [1.29, 1.82) is 0 Å². The fourth-order valence-corrected chi connectivity index (χ4v) is 1.78. The van der Waals surface area contributed by atoms with E-state index in [1.165, 1.54) is 7.11 Å². The van der Waals surface area contributed by atoms with E-state index in [2.05, 4.69) is 0 Å². The molecule has 0 saturated carbocycles. The second-order valence-electron chi connectivity index (χ2n) is 3.68. The Morgan fingerprint density at radius 1 is 1.42 bits per heavy atom. The van der Waals surface area contributed by atoms with E-state index in [0.29, 0.717) is 0 Å². The molecule has 0 aromatic heterocycles. The van der Waals surface area contributed by atoms with Gasteiger partial charge in [-0.05, 0) is 0 Å². The van der Waals surface area contributed by atoms with Crippen molar-refractivity contribution in [2.45, 2.75) is 45.2 Å². The summed E-state index contributed by atoms with van der Waals surface area (Å²) in [6.07, 6.45) is -2.16. The van der Waals surface area contributed by atoms with Crippen LogP contribution >= 0.6 is 0 Å². The van der Waals surface area contributed by atoms with Gasteiger partial charge in [-0.3, -0.25) is 9.35 Å². The molecular weight excluding hydrogens is 278 g/mol. The number of carbonyl (C=O) groups is 1. The highest BCUT2D eigenvalue weighted by molar-refractivity contribution is 7.85. The topological polar surface area (TPSA) is 122 Å². The molecule has 114 valence electrons. The van der Waals surface area contributed by atoms with Gasteiger partial charge in [-0.15, -0.1) is 0 Å². The van der Waals surface area contributed by atoms with Crippen LogP contribution < -0.4 is 5.32 Å². The van der Waals surface area contributed by atoms with Crippen molar-refractivity contribution in [2.75, 3.05) is 13.0 Å². The summed E-state index contributed by atoms with van der Waals surface area (Å²) >= 11 is 0. The second kappa shape index (κ2) is 8.43. The monoisotopic (exact) mass is 299 g/mol. The maximum atomic E-state index is 11.5. The highest BCUT2D eigenvalue weighted by atomic mass is 32.2. The van der Waals surface area contributed by atoms with Gasteiger partial charge in [0.1, 0.15) is 12.0 Å². The Balaban J connectivity index is 0.00000154. The van der Waals surface area contributed by atoms with E-state index in [0.717, 1.165) is 0 Å². The third-order valence-electron chi connectivity index (χ3n) is 2.25. The van der Waals surface area contributed by atoms with Gasteiger partial charge >= 0.3 is 0 Å². The Bertz CT molecular complexity index is 370. The molecule has 1 rings (SSSR count). The van der Waals surface area contributed by atoms with Gasteiger partial charge in [-0.25, -0.2) is 0 Å². The van der Waals surface area contributed by atoms with E-state index < -0.39 is 40.4 Å². The number of ether oxygens (including phenoxy) is 2. The van der Waals surface area contributed by atoms with Crippen molar-refractivity contribution in [3.05, 3.63) is 0 Å². The predicted molar refractivity (Wildman–Crippen MR) is 66.8 cm³/mol. The lowest BCUT2D eigenvalue weighted by molar-refractivity contribution is -0.205. The molecule has 3 atom stereocenters. The quantitative estimate of drug-likeness (QED) is 0.597. The Labute approximate surface area is 112 Å². The highest BCUT2D eigenvalue weighted by Crippen LogP contribution is 2.20. The van der Waals surface area contributed by atoms with Crippen molar-refractivity contribution >= 4 is 16.0 Å². The highest BCUT2D eigenvalue weighted by Gasteiger charge is 2.33. The first kappa shape index (κ1) is 18.3. The standard InChI is InChI=1S/C8H15NO7S.C2H6/c1-15-7-3-5(10)2-6(16-7)8(11)9-4-17(12,13)14;1-2/h5-7,10H,2-4H2,1H3,(H,9,11)(H,12,13,14);1-2H3. The average Bonchev–Trinajstić information content (AvgIpc) is 2.36. The van der Waals surface area contributed by atoms with Crippen LogP contribution in [0.3, 0.4) is 0 Å². The molecule has 1 amide bonds. The number of rotatable bonds is 4. The summed E-state index contributed by atoms with van der Waals surface area (Å²) in [6.45, 7) is 4.00. The molecule has 0 bridgehead atoms. The fourth-order valence-electron chi connectivity index (χ4n) is 1.46. The van der Waals surface area contributed by atoms with Gasteiger partial charge in [-0.2, -0.15) is 8.42 Å². The van der Waals surface area contributed by atoms with Crippen molar-refractivity contribution in [3.63, 3.8) is 0 Å². The molecule has 0 aliphatic carbocycles. The van der Waals surface area contributed by atoms with Crippen LogP contribution in [0.5, 0.6) is 0 Å². The molecule has 0 aromatic carbocycles. The molecule has 1 saturated heterocycles. The summed E-state index contributed by atoms with van der Waals surface area (Å²) in [4.78, 5) is 11.5. The van der Waals surface area contributed by atoms with Crippen LogP contribution in [0, 0.1) is 0 Å². The first-order valence-corrected chi connectivity index (χ1v) is 7.52. The first-order chi connectivity index (χ1) is 8.81. The molecule has 3 N–H and O–H groups in total. The van der Waals surface area contributed by atoms with E-state index >= 15 is 0 Å². The van der Waals surface area contributed by atoms with E-state index in [1.54, 1.807) is 0 Å². The molecule has 0 radical (unpaired) electrons. The maximum Gasteiger partial charge on any atom is 0.283 e. The lowest BCUT2D eigenvalue weighted by Gasteiger charge is -2.31. The average molecular weight is 299 g/mol. The van der Waals surface area contributed by atoms with Gasteiger partial charge in [0.15, 0.2) is 6.29 Å². The lowest BCUT2D eigenvalue weighted by Crippen LogP contribution is -2.46. The number of carbonyl (C=O) groups excluding carboxylic acids is 1. The fraction of sp³-hybridized carbons (Fsp3) is 0.900. The molecule has 9 heteroatoms. The number of hydrogen-bond donors (Lipinski definition) is 3. The van der Waals surface area contributed by atoms with E-state index in [-0.39, 0.29) is 12.8 Å². The zero-order valence-corrected chi connectivity index (χ0v) is 12.0. The van der Waals surface area contributed by atoms with E-state index in [1.807, 2.05) is 19.2 Å². The molecular formula is C10H21NO7S. The van der Waals surface area contributed by atoms with Crippen molar-refractivity contribution < 1.29 is 32.3 Å². The molecule has 8 nitrogen and oxygen atoms in total. The van der Waals surface area contributed by atoms with Crippen LogP contribution in [-0.4, -0.2) is 55.5 Å². The number of aliphatic hydroxyl groups is 1. The second-order valence-corrected chi connectivity index (χ2v) is 5.13. The van der Waals surface area contributed by atoms with Crippen LogP contribution in [-0.2, 0) is 24.4 Å². The van der Waals surface area contributed by atoms with E-state index in [4.69, 9.17) is 14.0 Å². The minimum Gasteiger partial charge on any atom is -0.393 e. The molecule has 1 aliphatic heterocycles. The van der Waals surface area contributed by atoms with Crippen LogP contribution in [0.4, 0.5) is 0 Å². The Morgan fingerprint density at radius 2 is 2.00 bits per heavy atom. The summed E-state index contributed by atoms with van der Waals surface area (Å²) in [7, 11) is -2.90. The van der Waals surface area contributed by atoms with Gasteiger partial charge in [0.25, 0.3) is 10.1 Å². The molecule has 0 spiro atoms. The summed E-state index contributed by atoms with van der Waals surface area (Å²) in [5.41, 5.74) is 0. The van der Waals surface area contributed by atoms with Gasteiger partial charge < -0.3 is 19.9 Å². The first-order valence-electron chi connectivity index (χ1n) is 5.91. The zero-order valence-electron chi connectivity index (χ0n) is 11.2. The lowest BCUT2D eigenvalue weighted by atomic mass is 10.0. The number of nitrogens with one attached hydrogen (secondary N) is 1.